The topological polar surface area (TPSA) is 34.1 Å². The first-order chi connectivity index (χ1) is 13.6. The van der Waals surface area contributed by atoms with Crippen LogP contribution in [0.15, 0.2) is 84.9 Å². The maximum absolute atomic E-state index is 13.2. The van der Waals surface area contributed by atoms with Crippen LogP contribution in [-0.4, -0.2) is 11.6 Å². The molecular formula is C26H20O2. The van der Waals surface area contributed by atoms with E-state index in [2.05, 4.69) is 0 Å². The van der Waals surface area contributed by atoms with Gasteiger partial charge in [-0.2, -0.15) is 0 Å². The third kappa shape index (κ3) is 3.03. The zero-order valence-electron chi connectivity index (χ0n) is 15.9. The molecule has 0 spiro atoms. The van der Waals surface area contributed by atoms with E-state index in [1.165, 1.54) is 0 Å². The molecule has 0 radical (unpaired) electrons. The number of carbonyl (C=O) groups excluding carboxylic acids is 2. The summed E-state index contributed by atoms with van der Waals surface area (Å²) in [6.07, 6.45) is 0. The Bertz CT molecular complexity index is 1090. The SMILES string of the molecule is Cc1ccc2c(C(=O)c3ccccc3)c(C)ccc2c1C(=O)c1ccccc1. The molecule has 0 bridgehead atoms. The Labute approximate surface area is 164 Å². The lowest BCUT2D eigenvalue weighted by molar-refractivity contribution is 0.103. The summed E-state index contributed by atoms with van der Waals surface area (Å²) < 4.78 is 0. The van der Waals surface area contributed by atoms with Crippen molar-refractivity contribution in [3.05, 3.63) is 118 Å². The van der Waals surface area contributed by atoms with E-state index in [-0.39, 0.29) is 11.6 Å². The predicted octanol–water partition coefficient (Wildman–Crippen LogP) is 5.92. The first-order valence-corrected chi connectivity index (χ1v) is 9.30. The van der Waals surface area contributed by atoms with E-state index in [4.69, 9.17) is 0 Å². The highest BCUT2D eigenvalue weighted by Crippen LogP contribution is 2.30. The Morgan fingerprint density at radius 1 is 0.500 bits per heavy atom. The van der Waals surface area contributed by atoms with Gasteiger partial charge in [-0.25, -0.2) is 0 Å². The molecule has 0 heterocycles. The first kappa shape index (κ1) is 17.9. The van der Waals surface area contributed by atoms with E-state index in [0.717, 1.165) is 21.9 Å². The molecule has 0 aliphatic rings. The molecule has 0 aliphatic carbocycles. The number of aryl methyl sites for hydroxylation is 2. The van der Waals surface area contributed by atoms with Gasteiger partial charge in [0, 0.05) is 22.3 Å². The van der Waals surface area contributed by atoms with Gasteiger partial charge < -0.3 is 0 Å². The maximum atomic E-state index is 13.2. The van der Waals surface area contributed by atoms with Crippen molar-refractivity contribution >= 4 is 22.3 Å². The standard InChI is InChI=1S/C26H20O2/c1-17-13-15-22-21(23(17)25(27)19-9-5-3-6-10-19)16-14-18(2)24(22)26(28)20-11-7-4-8-12-20/h3-16H,1-2H3. The monoisotopic (exact) mass is 364 g/mol. The van der Waals surface area contributed by atoms with Crippen LogP contribution in [0.1, 0.15) is 43.0 Å². The highest BCUT2D eigenvalue weighted by molar-refractivity contribution is 6.22. The summed E-state index contributed by atoms with van der Waals surface area (Å²) in [5.41, 5.74) is 4.42. The fourth-order valence-corrected chi connectivity index (χ4v) is 3.69. The zero-order valence-corrected chi connectivity index (χ0v) is 15.9. The summed E-state index contributed by atoms with van der Waals surface area (Å²) in [6.45, 7) is 3.88. The molecule has 4 aromatic carbocycles. The van der Waals surface area contributed by atoms with Crippen molar-refractivity contribution < 1.29 is 9.59 Å². The number of carbonyl (C=O) groups is 2. The van der Waals surface area contributed by atoms with Crippen molar-refractivity contribution in [2.24, 2.45) is 0 Å². The number of benzene rings is 4. The summed E-state index contributed by atoms with van der Waals surface area (Å²) in [4.78, 5) is 26.5. The summed E-state index contributed by atoms with van der Waals surface area (Å²) in [6, 6.07) is 26.3. The van der Waals surface area contributed by atoms with Gasteiger partial charge in [0.2, 0.25) is 0 Å². The van der Waals surface area contributed by atoms with Crippen LogP contribution in [0, 0.1) is 13.8 Å². The lowest BCUT2D eigenvalue weighted by atomic mass is 9.87. The van der Waals surface area contributed by atoms with E-state index in [1.807, 2.05) is 98.8 Å². The van der Waals surface area contributed by atoms with Crippen LogP contribution in [0.25, 0.3) is 10.8 Å². The van der Waals surface area contributed by atoms with Crippen molar-refractivity contribution in [2.45, 2.75) is 13.8 Å². The van der Waals surface area contributed by atoms with Crippen LogP contribution in [0.5, 0.6) is 0 Å². The minimum Gasteiger partial charge on any atom is -0.289 e. The number of fused-ring (bicyclic) bond motifs is 1. The molecule has 4 aromatic rings. The van der Waals surface area contributed by atoms with Crippen LogP contribution in [-0.2, 0) is 0 Å². The van der Waals surface area contributed by atoms with E-state index < -0.39 is 0 Å². The molecule has 4 rings (SSSR count). The van der Waals surface area contributed by atoms with Crippen LogP contribution < -0.4 is 0 Å². The molecule has 0 unspecified atom stereocenters. The summed E-state index contributed by atoms with van der Waals surface area (Å²) >= 11 is 0. The minimum atomic E-state index is -0.0225. The number of hydrogen-bond acceptors (Lipinski definition) is 2. The third-order valence-electron chi connectivity index (χ3n) is 5.14. The molecule has 0 aliphatic heterocycles. The predicted molar refractivity (Wildman–Crippen MR) is 113 cm³/mol. The Kier molecular flexibility index (Phi) is 4.62. The van der Waals surface area contributed by atoms with Crippen LogP contribution in [0.4, 0.5) is 0 Å². The Morgan fingerprint density at radius 2 is 0.857 bits per heavy atom. The van der Waals surface area contributed by atoms with Crippen molar-refractivity contribution in [1.82, 2.24) is 0 Å². The molecule has 0 amide bonds. The van der Waals surface area contributed by atoms with Crippen molar-refractivity contribution in [3.8, 4) is 0 Å². The fraction of sp³-hybridized carbons (Fsp3) is 0.0769. The Balaban J connectivity index is 1.96. The molecular weight excluding hydrogens is 344 g/mol. The van der Waals surface area contributed by atoms with Gasteiger partial charge in [-0.15, -0.1) is 0 Å². The Hall–Kier alpha value is -3.52. The number of rotatable bonds is 4. The fourth-order valence-electron chi connectivity index (χ4n) is 3.69. The highest BCUT2D eigenvalue weighted by atomic mass is 16.1. The van der Waals surface area contributed by atoms with Gasteiger partial charge in [0.05, 0.1) is 0 Å². The van der Waals surface area contributed by atoms with Gasteiger partial charge in [-0.3, -0.25) is 9.59 Å². The normalized spacial score (nSPS) is 10.8. The molecule has 0 N–H and O–H groups in total. The van der Waals surface area contributed by atoms with E-state index in [9.17, 15) is 9.59 Å². The van der Waals surface area contributed by atoms with E-state index in [0.29, 0.717) is 22.3 Å². The van der Waals surface area contributed by atoms with Gasteiger partial charge in [-0.1, -0.05) is 84.9 Å². The third-order valence-corrected chi connectivity index (χ3v) is 5.14. The number of ketones is 2. The lowest BCUT2D eigenvalue weighted by Gasteiger charge is -2.14. The second-order valence-corrected chi connectivity index (χ2v) is 7.00. The molecule has 0 fully saturated rings. The molecule has 0 saturated carbocycles. The molecule has 0 atom stereocenters. The van der Waals surface area contributed by atoms with Gasteiger partial charge in [-0.05, 0) is 35.7 Å². The average Bonchev–Trinajstić information content (AvgIpc) is 2.74. The minimum absolute atomic E-state index is 0.0225. The van der Waals surface area contributed by atoms with Gasteiger partial charge in [0.15, 0.2) is 11.6 Å². The van der Waals surface area contributed by atoms with Gasteiger partial charge in [0.1, 0.15) is 0 Å². The summed E-state index contributed by atoms with van der Waals surface area (Å²) in [7, 11) is 0. The average molecular weight is 364 g/mol. The van der Waals surface area contributed by atoms with E-state index in [1.54, 1.807) is 0 Å². The molecule has 2 nitrogen and oxygen atoms in total. The van der Waals surface area contributed by atoms with Crippen molar-refractivity contribution in [1.29, 1.82) is 0 Å². The quantitative estimate of drug-likeness (QED) is 0.421. The molecule has 0 aromatic heterocycles. The number of hydrogen-bond donors (Lipinski definition) is 0. The highest BCUT2D eigenvalue weighted by Gasteiger charge is 2.20. The van der Waals surface area contributed by atoms with Crippen LogP contribution in [0.3, 0.4) is 0 Å². The first-order valence-electron chi connectivity index (χ1n) is 9.30. The molecule has 136 valence electrons. The summed E-state index contributed by atoms with van der Waals surface area (Å²) in [5, 5.41) is 1.64. The summed E-state index contributed by atoms with van der Waals surface area (Å²) in [5.74, 6) is -0.0451. The van der Waals surface area contributed by atoms with Gasteiger partial charge >= 0.3 is 0 Å². The van der Waals surface area contributed by atoms with Gasteiger partial charge in [0.25, 0.3) is 0 Å². The smallest absolute Gasteiger partial charge is 0.193 e. The largest absolute Gasteiger partial charge is 0.289 e. The van der Waals surface area contributed by atoms with Crippen molar-refractivity contribution in [2.75, 3.05) is 0 Å². The molecule has 28 heavy (non-hydrogen) atoms. The van der Waals surface area contributed by atoms with Crippen molar-refractivity contribution in [3.63, 3.8) is 0 Å². The van der Waals surface area contributed by atoms with Crippen LogP contribution in [0.2, 0.25) is 0 Å². The zero-order chi connectivity index (χ0) is 19.7. The Morgan fingerprint density at radius 3 is 1.21 bits per heavy atom. The molecule has 0 saturated heterocycles. The molecule has 2 heteroatoms. The maximum Gasteiger partial charge on any atom is 0.193 e. The van der Waals surface area contributed by atoms with E-state index >= 15 is 0 Å². The lowest BCUT2D eigenvalue weighted by Crippen LogP contribution is -2.08. The second-order valence-electron chi connectivity index (χ2n) is 7.00. The second kappa shape index (κ2) is 7.24. The van der Waals surface area contributed by atoms with Crippen LogP contribution >= 0.6 is 0 Å².